The van der Waals surface area contributed by atoms with Crippen LogP contribution >= 0.6 is 15.9 Å². The lowest BCUT2D eigenvalue weighted by molar-refractivity contribution is -0.152. The summed E-state index contributed by atoms with van der Waals surface area (Å²) in [5.41, 5.74) is 4.12. The van der Waals surface area contributed by atoms with Gasteiger partial charge in [0.15, 0.2) is 6.10 Å². The first-order valence-corrected chi connectivity index (χ1v) is 16.4. The van der Waals surface area contributed by atoms with E-state index in [4.69, 9.17) is 9.16 Å². The SMILES string of the molecule is CCOC(=O)[C@H](O)CC(=C=CC[C@@H](O)c1cc(Br)ccc1O)CO[Si](c1ccccc1)(c1ccccc1)C(C)(C)C. The molecule has 0 aromatic heterocycles. The van der Waals surface area contributed by atoms with Gasteiger partial charge in [-0.15, -0.1) is 5.73 Å². The van der Waals surface area contributed by atoms with Crippen LogP contribution in [0.1, 0.15) is 52.2 Å². The van der Waals surface area contributed by atoms with Gasteiger partial charge in [-0.3, -0.25) is 0 Å². The number of phenolic OH excluding ortho intramolecular Hbond substituents is 1. The van der Waals surface area contributed by atoms with Gasteiger partial charge in [-0.25, -0.2) is 4.79 Å². The fourth-order valence-electron chi connectivity index (χ4n) is 4.91. The molecule has 0 aliphatic rings. The second-order valence-electron chi connectivity index (χ2n) is 10.8. The highest BCUT2D eigenvalue weighted by Crippen LogP contribution is 2.37. The monoisotopic (exact) mass is 638 g/mol. The van der Waals surface area contributed by atoms with Crippen LogP contribution in [-0.4, -0.2) is 48.9 Å². The molecule has 6 nitrogen and oxygen atoms in total. The van der Waals surface area contributed by atoms with Crippen LogP contribution in [0.15, 0.2) is 101 Å². The van der Waals surface area contributed by atoms with Crippen LogP contribution in [0.3, 0.4) is 0 Å². The Balaban J connectivity index is 2.01. The second-order valence-corrected chi connectivity index (χ2v) is 16.1. The Morgan fingerprint density at radius 1 is 1.00 bits per heavy atom. The van der Waals surface area contributed by atoms with Gasteiger partial charge in [0.05, 0.1) is 19.3 Å². The molecule has 0 heterocycles. The maximum atomic E-state index is 12.3. The third-order valence-electron chi connectivity index (χ3n) is 6.87. The first-order valence-electron chi connectivity index (χ1n) is 13.7. The number of hydrogen-bond acceptors (Lipinski definition) is 6. The van der Waals surface area contributed by atoms with E-state index < -0.39 is 26.5 Å². The molecule has 0 bridgehead atoms. The number of aliphatic hydroxyl groups is 2. The Morgan fingerprint density at radius 3 is 2.12 bits per heavy atom. The van der Waals surface area contributed by atoms with Crippen molar-refractivity contribution in [3.63, 3.8) is 0 Å². The summed E-state index contributed by atoms with van der Waals surface area (Å²) in [5, 5.41) is 33.5. The molecule has 0 aliphatic heterocycles. The lowest BCUT2D eigenvalue weighted by Crippen LogP contribution is -2.66. The van der Waals surface area contributed by atoms with Crippen molar-refractivity contribution in [2.24, 2.45) is 0 Å². The molecule has 3 aromatic rings. The first kappa shape index (κ1) is 32.5. The molecular weight excluding hydrogens is 600 g/mol. The van der Waals surface area contributed by atoms with E-state index >= 15 is 0 Å². The van der Waals surface area contributed by atoms with Crippen LogP contribution in [0, 0.1) is 0 Å². The molecule has 3 N–H and O–H groups in total. The number of rotatable bonds is 12. The molecule has 218 valence electrons. The molecule has 0 unspecified atom stereocenters. The molecule has 41 heavy (non-hydrogen) atoms. The lowest BCUT2D eigenvalue weighted by Gasteiger charge is -2.43. The zero-order valence-corrected chi connectivity index (χ0v) is 26.6. The molecule has 0 radical (unpaired) electrons. The molecule has 2 atom stereocenters. The minimum atomic E-state index is -2.89. The molecule has 0 amide bonds. The maximum absolute atomic E-state index is 12.3. The average Bonchev–Trinajstić information content (AvgIpc) is 2.95. The second kappa shape index (κ2) is 14.8. The van der Waals surface area contributed by atoms with E-state index in [9.17, 15) is 20.1 Å². The molecule has 0 fully saturated rings. The summed E-state index contributed by atoms with van der Waals surface area (Å²) in [4.78, 5) is 12.3. The van der Waals surface area contributed by atoms with Gasteiger partial charge in [-0.05, 0) is 52.2 Å². The molecule has 0 saturated heterocycles. The van der Waals surface area contributed by atoms with Crippen LogP contribution in [-0.2, 0) is 14.0 Å². The fourth-order valence-corrected chi connectivity index (χ4v) is 9.83. The van der Waals surface area contributed by atoms with Gasteiger partial charge in [-0.2, -0.15) is 0 Å². The number of carbonyl (C=O) groups excluding carboxylic acids is 1. The highest BCUT2D eigenvalue weighted by molar-refractivity contribution is 9.10. The van der Waals surface area contributed by atoms with Gasteiger partial charge in [0.1, 0.15) is 5.75 Å². The van der Waals surface area contributed by atoms with Gasteiger partial charge in [0.25, 0.3) is 8.32 Å². The van der Waals surface area contributed by atoms with Crippen molar-refractivity contribution in [1.29, 1.82) is 0 Å². The summed E-state index contributed by atoms with van der Waals surface area (Å²) in [7, 11) is -2.89. The molecule has 3 rings (SSSR count). The van der Waals surface area contributed by atoms with E-state index in [1.165, 1.54) is 6.07 Å². The average molecular weight is 640 g/mol. The number of aromatic hydroxyl groups is 1. The van der Waals surface area contributed by atoms with E-state index in [0.717, 1.165) is 14.8 Å². The number of phenols is 1. The van der Waals surface area contributed by atoms with Crippen LogP contribution in [0.2, 0.25) is 5.04 Å². The van der Waals surface area contributed by atoms with Crippen molar-refractivity contribution in [2.45, 2.75) is 57.8 Å². The van der Waals surface area contributed by atoms with E-state index in [0.29, 0.717) is 11.1 Å². The number of aliphatic hydroxyl groups excluding tert-OH is 2. The predicted molar refractivity (Wildman–Crippen MR) is 168 cm³/mol. The van der Waals surface area contributed by atoms with Gasteiger partial charge in [-0.1, -0.05) is 97.4 Å². The maximum Gasteiger partial charge on any atom is 0.335 e. The van der Waals surface area contributed by atoms with Gasteiger partial charge >= 0.3 is 5.97 Å². The Bertz CT molecular complexity index is 1310. The summed E-state index contributed by atoms with van der Waals surface area (Å²) in [5.74, 6) is -0.720. The van der Waals surface area contributed by atoms with Crippen LogP contribution in [0.5, 0.6) is 5.75 Å². The summed E-state index contributed by atoms with van der Waals surface area (Å²) < 4.78 is 12.8. The number of ether oxygens (including phenoxy) is 1. The van der Waals surface area contributed by atoms with E-state index in [2.05, 4.69) is 66.7 Å². The van der Waals surface area contributed by atoms with Gasteiger partial charge in [0, 0.05) is 22.9 Å². The molecule has 0 saturated carbocycles. The third-order valence-corrected chi connectivity index (χ3v) is 12.3. The Hall–Kier alpha value is -2.97. The third kappa shape index (κ3) is 8.29. The number of carbonyl (C=O) groups is 1. The predicted octanol–water partition coefficient (Wildman–Crippen LogP) is 5.55. The fraction of sp³-hybridized carbons (Fsp3) is 0.333. The Kier molecular flexibility index (Phi) is 11.7. The molecule has 3 aromatic carbocycles. The number of benzene rings is 3. The number of esters is 1. The zero-order chi connectivity index (χ0) is 30.0. The first-order chi connectivity index (χ1) is 19.5. The normalized spacial score (nSPS) is 13.1. The summed E-state index contributed by atoms with van der Waals surface area (Å²) in [6, 6.07) is 25.2. The standard InChI is InChI=1S/C33H39BrO6Si/c1-5-39-32(38)31(37)21-24(13-12-18-29(35)28-22-25(34)19-20-30(28)36)23-40-41(33(2,3)4,26-14-8-6-9-15-26)27-16-10-7-11-17-27/h6-12,14-17,19-20,22,29,31,35-37H,5,18,21,23H2,1-4H3/t13?,29-,31-/m1/s1. The minimum Gasteiger partial charge on any atom is -0.508 e. The smallest absolute Gasteiger partial charge is 0.335 e. The number of halogens is 1. The Labute approximate surface area is 252 Å². The zero-order valence-electron chi connectivity index (χ0n) is 24.0. The molecular formula is C33H39BrO6Si. The molecule has 8 heteroatoms. The van der Waals surface area contributed by atoms with Crippen molar-refractivity contribution >= 4 is 40.6 Å². The van der Waals surface area contributed by atoms with Crippen LogP contribution < -0.4 is 10.4 Å². The molecule has 0 spiro atoms. The van der Waals surface area contributed by atoms with Crippen LogP contribution in [0.25, 0.3) is 0 Å². The summed E-state index contributed by atoms with van der Waals surface area (Å²) in [6.07, 6.45) is -0.595. The summed E-state index contributed by atoms with van der Waals surface area (Å²) >= 11 is 3.37. The van der Waals surface area contributed by atoms with Crippen molar-refractivity contribution in [3.05, 3.63) is 106 Å². The van der Waals surface area contributed by atoms with Crippen molar-refractivity contribution in [2.75, 3.05) is 13.2 Å². The minimum absolute atomic E-state index is 0.00828. The highest BCUT2D eigenvalue weighted by atomic mass is 79.9. The van der Waals surface area contributed by atoms with E-state index in [1.54, 1.807) is 25.1 Å². The van der Waals surface area contributed by atoms with Crippen LogP contribution in [0.4, 0.5) is 0 Å². The van der Waals surface area contributed by atoms with Crippen molar-refractivity contribution < 1.29 is 29.3 Å². The Morgan fingerprint density at radius 2 is 1.59 bits per heavy atom. The quantitative estimate of drug-likeness (QED) is 0.137. The van der Waals surface area contributed by atoms with E-state index in [1.807, 2.05) is 36.4 Å². The summed E-state index contributed by atoms with van der Waals surface area (Å²) in [6.45, 7) is 8.47. The topological polar surface area (TPSA) is 96.2 Å². The van der Waals surface area contributed by atoms with Gasteiger partial charge in [0.2, 0.25) is 0 Å². The number of hydrogen-bond donors (Lipinski definition) is 3. The lowest BCUT2D eigenvalue weighted by atomic mass is 10.0. The van der Waals surface area contributed by atoms with Crippen molar-refractivity contribution in [1.82, 2.24) is 0 Å². The van der Waals surface area contributed by atoms with E-state index in [-0.39, 0.29) is 36.8 Å². The van der Waals surface area contributed by atoms with Gasteiger partial charge < -0.3 is 24.5 Å². The molecule has 0 aliphatic carbocycles. The highest BCUT2D eigenvalue weighted by Gasteiger charge is 2.50. The van der Waals surface area contributed by atoms with Crippen molar-refractivity contribution in [3.8, 4) is 5.75 Å². The largest absolute Gasteiger partial charge is 0.508 e.